The molecule has 0 saturated carbocycles. The first-order valence-corrected chi connectivity index (χ1v) is 5.94. The lowest BCUT2D eigenvalue weighted by atomic mass is 10.3. The molecule has 0 unspecified atom stereocenters. The Morgan fingerprint density at radius 2 is 2.37 bits per heavy atom. The summed E-state index contributed by atoms with van der Waals surface area (Å²) in [6.45, 7) is 0.314. The van der Waals surface area contributed by atoms with E-state index in [1.165, 1.54) is 12.1 Å². The number of nitriles is 1. The number of aromatic amines is 1. The van der Waals surface area contributed by atoms with Crippen molar-refractivity contribution in [1.29, 1.82) is 5.26 Å². The van der Waals surface area contributed by atoms with Gasteiger partial charge in [-0.25, -0.2) is 4.98 Å². The van der Waals surface area contributed by atoms with Gasteiger partial charge in [0.15, 0.2) is 0 Å². The van der Waals surface area contributed by atoms with Crippen LogP contribution < -0.4 is 10.2 Å². The summed E-state index contributed by atoms with van der Waals surface area (Å²) in [4.78, 5) is 27.2. The van der Waals surface area contributed by atoms with Crippen LogP contribution in [-0.4, -0.2) is 14.9 Å². The third-order valence-electron chi connectivity index (χ3n) is 2.21. The van der Waals surface area contributed by atoms with E-state index in [0.717, 1.165) is 11.3 Å². The van der Waals surface area contributed by atoms with E-state index in [0.29, 0.717) is 18.1 Å². The number of rotatable bonds is 4. The summed E-state index contributed by atoms with van der Waals surface area (Å²) in [6, 6.07) is 4.29. The first kappa shape index (κ1) is 12.7. The van der Waals surface area contributed by atoms with Crippen LogP contribution in [0.15, 0.2) is 22.3 Å². The highest BCUT2D eigenvalue weighted by molar-refractivity contribution is 7.07. The number of anilines is 1. The molecule has 0 aromatic carbocycles. The van der Waals surface area contributed by atoms with Crippen LogP contribution in [0.25, 0.3) is 0 Å². The minimum absolute atomic E-state index is 0.161. The van der Waals surface area contributed by atoms with E-state index in [-0.39, 0.29) is 16.3 Å². The average molecular weight is 277 g/mol. The Hall–Kier alpha value is -2.73. The third kappa shape index (κ3) is 2.93. The van der Waals surface area contributed by atoms with Crippen molar-refractivity contribution in [3.8, 4) is 6.07 Å². The summed E-state index contributed by atoms with van der Waals surface area (Å²) in [5.74, 6) is 0.328. The Morgan fingerprint density at radius 3 is 2.95 bits per heavy atom. The Bertz CT molecular complexity index is 714. The summed E-state index contributed by atoms with van der Waals surface area (Å²) >= 11 is 1.04. The number of nitrogens with one attached hydrogen (secondary N) is 2. The van der Waals surface area contributed by atoms with Crippen LogP contribution in [0.1, 0.15) is 11.4 Å². The first-order valence-electron chi connectivity index (χ1n) is 5.06. The van der Waals surface area contributed by atoms with Gasteiger partial charge in [0.1, 0.15) is 11.9 Å². The van der Waals surface area contributed by atoms with Gasteiger partial charge < -0.3 is 10.3 Å². The van der Waals surface area contributed by atoms with E-state index in [2.05, 4.69) is 15.3 Å². The number of aromatic nitrogens is 2. The Balaban J connectivity index is 2.16. The van der Waals surface area contributed by atoms with Gasteiger partial charge in [0.2, 0.25) is 5.69 Å². The Labute approximate surface area is 110 Å². The number of pyridine rings is 1. The minimum atomic E-state index is -0.661. The second kappa shape index (κ2) is 5.28. The molecule has 0 saturated heterocycles. The molecule has 0 aliphatic heterocycles. The zero-order chi connectivity index (χ0) is 13.8. The molecule has 19 heavy (non-hydrogen) atoms. The third-order valence-corrected chi connectivity index (χ3v) is 2.93. The van der Waals surface area contributed by atoms with Gasteiger partial charge in [-0.1, -0.05) is 11.3 Å². The smallest absolute Gasteiger partial charge is 0.305 e. The zero-order valence-electron chi connectivity index (χ0n) is 9.41. The van der Waals surface area contributed by atoms with Crippen LogP contribution in [0.2, 0.25) is 0 Å². The molecule has 0 fully saturated rings. The van der Waals surface area contributed by atoms with Crippen molar-refractivity contribution in [2.24, 2.45) is 0 Å². The standard InChI is InChI=1S/C10H7N5O3S/c11-3-7-8(15(17)18)1-2-9(14-7)12-4-6-5-19-10(16)13-6/h1-2,5H,4H2,(H,12,14)(H,13,16). The first-order chi connectivity index (χ1) is 9.10. The fourth-order valence-corrected chi connectivity index (χ4v) is 1.95. The maximum atomic E-state index is 10.9. The molecule has 2 rings (SSSR count). The van der Waals surface area contributed by atoms with Gasteiger partial charge in [0.25, 0.3) is 0 Å². The van der Waals surface area contributed by atoms with E-state index < -0.39 is 4.92 Å². The summed E-state index contributed by atoms with van der Waals surface area (Å²) < 4.78 is 0. The van der Waals surface area contributed by atoms with E-state index in [1.807, 2.05) is 0 Å². The van der Waals surface area contributed by atoms with E-state index in [4.69, 9.17) is 5.26 Å². The lowest BCUT2D eigenvalue weighted by molar-refractivity contribution is -0.385. The van der Waals surface area contributed by atoms with Crippen LogP contribution in [0.4, 0.5) is 11.5 Å². The van der Waals surface area contributed by atoms with Gasteiger partial charge in [0.05, 0.1) is 11.5 Å². The minimum Gasteiger partial charge on any atom is -0.364 e. The van der Waals surface area contributed by atoms with Crippen molar-refractivity contribution in [2.45, 2.75) is 6.54 Å². The summed E-state index contributed by atoms with van der Waals surface area (Å²) in [7, 11) is 0. The highest BCUT2D eigenvalue weighted by atomic mass is 32.1. The van der Waals surface area contributed by atoms with Crippen molar-refractivity contribution < 1.29 is 4.92 Å². The lowest BCUT2D eigenvalue weighted by Gasteiger charge is -2.03. The molecule has 0 aliphatic rings. The highest BCUT2D eigenvalue weighted by Gasteiger charge is 2.15. The molecule has 0 atom stereocenters. The molecule has 96 valence electrons. The molecule has 0 aliphatic carbocycles. The van der Waals surface area contributed by atoms with Gasteiger partial charge in [-0.3, -0.25) is 14.9 Å². The molecule has 2 heterocycles. The van der Waals surface area contributed by atoms with Gasteiger partial charge in [-0.05, 0) is 6.07 Å². The van der Waals surface area contributed by atoms with Gasteiger partial charge in [-0.2, -0.15) is 5.26 Å². The number of hydrogen-bond donors (Lipinski definition) is 2. The van der Waals surface area contributed by atoms with Crippen molar-refractivity contribution in [3.05, 3.63) is 48.7 Å². The number of nitrogens with zero attached hydrogens (tertiary/aromatic N) is 3. The average Bonchev–Trinajstić information content (AvgIpc) is 2.81. The predicted molar refractivity (Wildman–Crippen MR) is 67.9 cm³/mol. The van der Waals surface area contributed by atoms with Gasteiger partial charge >= 0.3 is 10.6 Å². The van der Waals surface area contributed by atoms with Crippen LogP contribution in [0, 0.1) is 21.4 Å². The van der Waals surface area contributed by atoms with Gasteiger partial charge in [0, 0.05) is 17.1 Å². The predicted octanol–water partition coefficient (Wildman–Crippen LogP) is 1.22. The van der Waals surface area contributed by atoms with Crippen molar-refractivity contribution in [2.75, 3.05) is 5.32 Å². The van der Waals surface area contributed by atoms with E-state index in [9.17, 15) is 14.9 Å². The van der Waals surface area contributed by atoms with E-state index >= 15 is 0 Å². The van der Waals surface area contributed by atoms with Crippen LogP contribution >= 0.6 is 11.3 Å². The molecule has 2 aromatic heterocycles. The molecule has 9 heteroatoms. The fourth-order valence-electron chi connectivity index (χ4n) is 1.37. The molecule has 2 N–H and O–H groups in total. The highest BCUT2D eigenvalue weighted by Crippen LogP contribution is 2.18. The van der Waals surface area contributed by atoms with Crippen LogP contribution in [0.3, 0.4) is 0 Å². The molecule has 0 radical (unpaired) electrons. The van der Waals surface area contributed by atoms with E-state index in [1.54, 1.807) is 11.4 Å². The zero-order valence-corrected chi connectivity index (χ0v) is 10.2. The summed E-state index contributed by atoms with van der Waals surface area (Å²) in [5.41, 5.74) is 0.0828. The second-order valence-electron chi connectivity index (χ2n) is 3.46. The normalized spacial score (nSPS) is 9.84. The van der Waals surface area contributed by atoms with Crippen LogP contribution in [0.5, 0.6) is 0 Å². The van der Waals surface area contributed by atoms with Gasteiger partial charge in [-0.15, -0.1) is 0 Å². The van der Waals surface area contributed by atoms with Crippen LogP contribution in [-0.2, 0) is 6.54 Å². The number of nitro groups is 1. The quantitative estimate of drug-likeness (QED) is 0.639. The molecular formula is C10H7N5O3S. The number of hydrogen-bond acceptors (Lipinski definition) is 7. The largest absolute Gasteiger partial charge is 0.364 e. The summed E-state index contributed by atoms with van der Waals surface area (Å²) in [5, 5.41) is 23.9. The molecule has 2 aromatic rings. The molecule has 0 amide bonds. The summed E-state index contributed by atoms with van der Waals surface area (Å²) in [6.07, 6.45) is 0. The topological polar surface area (TPSA) is 125 Å². The SMILES string of the molecule is N#Cc1nc(NCc2csc(=O)[nH]2)ccc1[N+](=O)[O-]. The number of H-pyrrole nitrogens is 1. The van der Waals surface area contributed by atoms with Crippen molar-refractivity contribution in [1.82, 2.24) is 9.97 Å². The van der Waals surface area contributed by atoms with Crippen molar-refractivity contribution >= 4 is 22.8 Å². The maximum Gasteiger partial charge on any atom is 0.305 e. The fraction of sp³-hybridized carbons (Fsp3) is 0.100. The lowest BCUT2D eigenvalue weighted by Crippen LogP contribution is -2.05. The Morgan fingerprint density at radius 1 is 1.58 bits per heavy atom. The monoisotopic (exact) mass is 277 g/mol. The Kier molecular flexibility index (Phi) is 3.53. The molecule has 0 spiro atoms. The molecule has 8 nitrogen and oxygen atoms in total. The second-order valence-corrected chi connectivity index (χ2v) is 4.30. The molecule has 0 bridgehead atoms. The maximum absolute atomic E-state index is 10.9. The molecular weight excluding hydrogens is 270 g/mol. The van der Waals surface area contributed by atoms with Crippen molar-refractivity contribution in [3.63, 3.8) is 0 Å². The number of thiazole rings is 1.